The zero-order valence-corrected chi connectivity index (χ0v) is 26.7. The first-order chi connectivity index (χ1) is 20.4. The maximum Gasteiger partial charge on any atom is 0.407 e. The fraction of sp³-hybridized carbons (Fsp3) is 0.500. The summed E-state index contributed by atoms with van der Waals surface area (Å²) >= 11 is 1.35. The van der Waals surface area contributed by atoms with Crippen LogP contribution < -0.4 is 10.6 Å². The molecular weight excluding hydrogens is 592 g/mol. The molecule has 2 amide bonds. The normalized spacial score (nSPS) is 13.4. The lowest BCUT2D eigenvalue weighted by Gasteiger charge is -2.29. The van der Waals surface area contributed by atoms with Crippen molar-refractivity contribution in [1.29, 1.82) is 0 Å². The summed E-state index contributed by atoms with van der Waals surface area (Å²) in [6.07, 6.45) is -0.107. The Balaban J connectivity index is 1.72. The summed E-state index contributed by atoms with van der Waals surface area (Å²) < 4.78 is 40.0. The van der Waals surface area contributed by atoms with Gasteiger partial charge in [0.05, 0.1) is 39.3 Å². The third-order valence-corrected chi connectivity index (χ3v) is 9.06. The number of nitrogens with zero attached hydrogens (tertiary/aromatic N) is 2. The summed E-state index contributed by atoms with van der Waals surface area (Å²) in [4.78, 5) is 28.9. The van der Waals surface area contributed by atoms with Crippen LogP contribution in [0.5, 0.6) is 0 Å². The molecule has 3 rings (SSSR count). The van der Waals surface area contributed by atoms with Crippen LogP contribution in [0.4, 0.5) is 9.59 Å². The van der Waals surface area contributed by atoms with Crippen LogP contribution in [0.3, 0.4) is 0 Å². The quantitative estimate of drug-likeness (QED) is 0.204. The molecule has 0 saturated carbocycles. The molecule has 13 heteroatoms. The molecule has 3 aromatic rings. The van der Waals surface area contributed by atoms with Gasteiger partial charge in [-0.2, -0.15) is 4.31 Å². The molecule has 0 bridgehead atoms. The average molecular weight is 635 g/mol. The summed E-state index contributed by atoms with van der Waals surface area (Å²) in [5, 5.41) is 16.6. The van der Waals surface area contributed by atoms with Crippen LogP contribution in [-0.2, 0) is 25.9 Å². The number of amides is 2. The Hall–Kier alpha value is -3.26. The number of hydrogen-bond acceptors (Lipinski definition) is 9. The van der Waals surface area contributed by atoms with Crippen LogP contribution in [0.2, 0.25) is 0 Å². The van der Waals surface area contributed by atoms with E-state index in [1.807, 2.05) is 37.3 Å². The van der Waals surface area contributed by atoms with Gasteiger partial charge in [-0.25, -0.2) is 23.0 Å². The van der Waals surface area contributed by atoms with Crippen LogP contribution in [0.15, 0.2) is 58.9 Å². The third kappa shape index (κ3) is 11.1. The smallest absolute Gasteiger partial charge is 0.407 e. The fourth-order valence-electron chi connectivity index (χ4n) is 4.28. The van der Waals surface area contributed by atoms with Crippen molar-refractivity contribution in [2.24, 2.45) is 0 Å². The number of carbonyl (C=O) groups excluding carboxylic acids is 2. The molecule has 0 saturated heterocycles. The molecule has 0 radical (unpaired) electrons. The number of unbranched alkanes of at least 4 members (excludes halogenated alkanes) is 2. The standard InChI is InChI=1S/C30H42N4O7S2/c1-5-6-10-16-34(43(38,39)23-13-14-24-27(19-23)42-21-32-24)20-26(35)25(18-22-11-8-7-9-12-22)33-29(37)40-17-15-31-28(36)41-30(2,3)4/h7-9,11-14,19,21,25-26,35H,5-6,10,15-18,20H2,1-4H3,(H,31,36)(H,33,37)/t25-,26+/m0/s1. The number of sulfonamides is 1. The van der Waals surface area contributed by atoms with E-state index < -0.39 is 40.0 Å². The van der Waals surface area contributed by atoms with Gasteiger partial charge in [0.2, 0.25) is 10.0 Å². The zero-order chi connectivity index (χ0) is 31.5. The molecule has 0 aliphatic heterocycles. The minimum atomic E-state index is -3.96. The van der Waals surface area contributed by atoms with Crippen LogP contribution in [0, 0.1) is 0 Å². The predicted octanol–water partition coefficient (Wildman–Crippen LogP) is 4.70. The number of benzene rings is 2. The summed E-state index contributed by atoms with van der Waals surface area (Å²) in [5.74, 6) is 0. The number of aromatic nitrogens is 1. The number of nitrogens with one attached hydrogen (secondary N) is 2. The molecule has 11 nitrogen and oxygen atoms in total. The molecule has 0 aliphatic rings. The highest BCUT2D eigenvalue weighted by molar-refractivity contribution is 7.89. The van der Waals surface area contributed by atoms with Gasteiger partial charge >= 0.3 is 12.2 Å². The van der Waals surface area contributed by atoms with E-state index in [0.29, 0.717) is 11.9 Å². The van der Waals surface area contributed by atoms with Gasteiger partial charge in [-0.05, 0) is 57.4 Å². The minimum absolute atomic E-state index is 0.0296. The highest BCUT2D eigenvalue weighted by atomic mass is 32.2. The first-order valence-corrected chi connectivity index (χ1v) is 16.7. The molecule has 0 aliphatic carbocycles. The highest BCUT2D eigenvalue weighted by Gasteiger charge is 2.31. The number of aliphatic hydroxyl groups is 1. The molecule has 2 aromatic carbocycles. The monoisotopic (exact) mass is 634 g/mol. The number of carbonyl (C=O) groups is 2. The van der Waals surface area contributed by atoms with Crippen molar-refractivity contribution < 1.29 is 32.6 Å². The molecule has 2 atom stereocenters. The number of hydrogen-bond donors (Lipinski definition) is 3. The SMILES string of the molecule is CCCCCN(C[C@@H](O)[C@H](Cc1ccccc1)NC(=O)OCCNC(=O)OC(C)(C)C)S(=O)(=O)c1ccc2ncsc2c1. The number of fused-ring (bicyclic) bond motifs is 1. The van der Waals surface area contributed by atoms with Gasteiger partial charge in [0, 0.05) is 13.1 Å². The molecule has 0 spiro atoms. The second kappa shape index (κ2) is 16.0. The third-order valence-electron chi connectivity index (χ3n) is 6.41. The van der Waals surface area contributed by atoms with Crippen LogP contribution in [0.25, 0.3) is 10.2 Å². The molecule has 3 N–H and O–H groups in total. The van der Waals surface area contributed by atoms with E-state index in [1.54, 1.807) is 38.4 Å². The maximum absolute atomic E-state index is 13.8. The molecule has 1 heterocycles. The van der Waals surface area contributed by atoms with Crippen molar-refractivity contribution in [3.63, 3.8) is 0 Å². The fourth-order valence-corrected chi connectivity index (χ4v) is 6.60. The summed E-state index contributed by atoms with van der Waals surface area (Å²) in [5.41, 5.74) is 2.56. The first kappa shape index (κ1) is 34.2. The second-order valence-corrected chi connectivity index (χ2v) is 13.9. The van der Waals surface area contributed by atoms with Crippen molar-refractivity contribution in [3.05, 3.63) is 59.6 Å². The molecule has 0 unspecified atom stereocenters. The van der Waals surface area contributed by atoms with E-state index >= 15 is 0 Å². The van der Waals surface area contributed by atoms with Gasteiger partial charge in [0.1, 0.15) is 12.2 Å². The van der Waals surface area contributed by atoms with Crippen molar-refractivity contribution in [3.8, 4) is 0 Å². The topological polar surface area (TPSA) is 147 Å². The van der Waals surface area contributed by atoms with Crippen molar-refractivity contribution >= 4 is 43.8 Å². The van der Waals surface area contributed by atoms with Crippen molar-refractivity contribution in [2.75, 3.05) is 26.2 Å². The van der Waals surface area contributed by atoms with Gasteiger partial charge in [-0.3, -0.25) is 0 Å². The Morgan fingerprint density at radius 1 is 1.09 bits per heavy atom. The van der Waals surface area contributed by atoms with Crippen LogP contribution in [-0.4, -0.2) is 79.0 Å². The largest absolute Gasteiger partial charge is 0.448 e. The van der Waals surface area contributed by atoms with Gasteiger partial charge in [-0.1, -0.05) is 50.1 Å². The Labute approximate surface area is 257 Å². The molecule has 0 fully saturated rings. The van der Waals surface area contributed by atoms with Gasteiger partial charge < -0.3 is 25.2 Å². The first-order valence-electron chi connectivity index (χ1n) is 14.3. The average Bonchev–Trinajstić information content (AvgIpc) is 3.42. The Morgan fingerprint density at radius 2 is 1.84 bits per heavy atom. The van der Waals surface area contributed by atoms with Crippen LogP contribution in [0.1, 0.15) is 52.5 Å². The second-order valence-electron chi connectivity index (χ2n) is 11.1. The van der Waals surface area contributed by atoms with Crippen molar-refractivity contribution in [1.82, 2.24) is 19.9 Å². The maximum atomic E-state index is 13.8. The molecule has 236 valence electrons. The Bertz CT molecular complexity index is 1430. The van der Waals surface area contributed by atoms with E-state index in [2.05, 4.69) is 15.6 Å². The van der Waals surface area contributed by atoms with Gasteiger partial charge in [0.15, 0.2) is 0 Å². The summed E-state index contributed by atoms with van der Waals surface area (Å²) in [6.45, 7) is 7.13. The highest BCUT2D eigenvalue weighted by Crippen LogP contribution is 2.25. The van der Waals surface area contributed by atoms with E-state index in [0.717, 1.165) is 23.1 Å². The molecule has 1 aromatic heterocycles. The summed E-state index contributed by atoms with van der Waals surface area (Å²) in [7, 11) is -3.96. The minimum Gasteiger partial charge on any atom is -0.448 e. The van der Waals surface area contributed by atoms with Gasteiger partial charge in [0.25, 0.3) is 0 Å². The van der Waals surface area contributed by atoms with Crippen LogP contribution >= 0.6 is 11.3 Å². The van der Waals surface area contributed by atoms with Crippen molar-refractivity contribution in [2.45, 2.75) is 76.0 Å². The molecule has 43 heavy (non-hydrogen) atoms. The van der Waals surface area contributed by atoms with E-state index in [-0.39, 0.29) is 37.6 Å². The Morgan fingerprint density at radius 3 is 2.53 bits per heavy atom. The number of thiazole rings is 1. The number of ether oxygens (including phenoxy) is 2. The predicted molar refractivity (Wildman–Crippen MR) is 167 cm³/mol. The lowest BCUT2D eigenvalue weighted by Crippen LogP contribution is -2.51. The lowest BCUT2D eigenvalue weighted by molar-refractivity contribution is 0.0508. The lowest BCUT2D eigenvalue weighted by atomic mass is 10.0. The molecular formula is C30H42N4O7S2. The van der Waals surface area contributed by atoms with E-state index in [1.165, 1.54) is 21.7 Å². The van der Waals surface area contributed by atoms with E-state index in [9.17, 15) is 23.1 Å². The number of alkyl carbamates (subject to hydrolysis) is 2. The number of aliphatic hydroxyl groups excluding tert-OH is 1. The number of rotatable bonds is 15. The van der Waals surface area contributed by atoms with E-state index in [4.69, 9.17) is 9.47 Å². The Kier molecular flexibility index (Phi) is 12.7. The summed E-state index contributed by atoms with van der Waals surface area (Å²) in [6, 6.07) is 13.2. The van der Waals surface area contributed by atoms with Gasteiger partial charge in [-0.15, -0.1) is 11.3 Å². The zero-order valence-electron chi connectivity index (χ0n) is 25.1.